The zero-order chi connectivity index (χ0) is 23.8. The van der Waals surface area contributed by atoms with Gasteiger partial charge >= 0.3 is 6.03 Å². The molecule has 1 aromatic carbocycles. The summed E-state index contributed by atoms with van der Waals surface area (Å²) in [6, 6.07) is 4.04. The van der Waals surface area contributed by atoms with Crippen molar-refractivity contribution in [2.45, 2.75) is 70.9 Å². The number of hydrogen-bond acceptors (Lipinski definition) is 6. The van der Waals surface area contributed by atoms with Crippen molar-refractivity contribution in [1.29, 1.82) is 5.41 Å². The molecule has 0 saturated heterocycles. The second-order valence-corrected chi connectivity index (χ2v) is 8.84. The maximum absolute atomic E-state index is 12.0. The monoisotopic (exact) mass is 458 g/mol. The molecule has 9 heteroatoms. The SMILES string of the molecule is COc1cc2nc(NCCCCNC(=O)NC3CCCCC3)c(=N)n(C(C)C)c2cc1OC. The number of hydrogen-bond donors (Lipinski definition) is 4. The largest absolute Gasteiger partial charge is 0.493 e. The van der Waals surface area contributed by atoms with Crippen LogP contribution in [-0.4, -0.2) is 48.9 Å². The third kappa shape index (κ3) is 6.30. The number of nitrogens with one attached hydrogen (secondary N) is 4. The van der Waals surface area contributed by atoms with Crippen LogP contribution >= 0.6 is 0 Å². The number of fused-ring (bicyclic) bond motifs is 1. The smallest absolute Gasteiger partial charge is 0.315 e. The minimum atomic E-state index is -0.0677. The Balaban J connectivity index is 1.57. The number of anilines is 1. The third-order valence-electron chi connectivity index (χ3n) is 6.08. The number of nitrogens with zero attached hydrogens (tertiary/aromatic N) is 2. The molecule has 1 saturated carbocycles. The first-order valence-electron chi connectivity index (χ1n) is 12.0. The number of aromatic nitrogens is 2. The van der Waals surface area contributed by atoms with Crippen molar-refractivity contribution in [3.63, 3.8) is 0 Å². The summed E-state index contributed by atoms with van der Waals surface area (Å²) in [7, 11) is 3.20. The molecular weight excluding hydrogens is 420 g/mol. The second-order valence-electron chi connectivity index (χ2n) is 8.84. The lowest BCUT2D eigenvalue weighted by molar-refractivity contribution is 0.232. The molecule has 0 radical (unpaired) electrons. The van der Waals surface area contributed by atoms with Crippen molar-refractivity contribution in [3.05, 3.63) is 17.6 Å². The van der Waals surface area contributed by atoms with Gasteiger partial charge < -0.3 is 30.0 Å². The number of urea groups is 1. The Morgan fingerprint density at radius 2 is 1.79 bits per heavy atom. The van der Waals surface area contributed by atoms with E-state index in [-0.39, 0.29) is 12.1 Å². The first-order chi connectivity index (χ1) is 15.9. The van der Waals surface area contributed by atoms with E-state index in [0.29, 0.717) is 41.9 Å². The molecule has 1 aromatic heterocycles. The van der Waals surface area contributed by atoms with Gasteiger partial charge in [-0.25, -0.2) is 9.78 Å². The summed E-state index contributed by atoms with van der Waals surface area (Å²) in [6.07, 6.45) is 7.56. The molecule has 1 aliphatic carbocycles. The summed E-state index contributed by atoms with van der Waals surface area (Å²) < 4.78 is 12.8. The topological polar surface area (TPSA) is 113 Å². The van der Waals surface area contributed by atoms with Crippen LogP contribution in [0.3, 0.4) is 0 Å². The summed E-state index contributed by atoms with van der Waals surface area (Å²) >= 11 is 0. The Labute approximate surface area is 195 Å². The minimum absolute atomic E-state index is 0.0677. The fourth-order valence-corrected chi connectivity index (χ4v) is 4.35. The summed E-state index contributed by atoms with van der Waals surface area (Å²) in [4.78, 5) is 16.7. The van der Waals surface area contributed by atoms with E-state index in [1.165, 1.54) is 19.3 Å². The van der Waals surface area contributed by atoms with E-state index in [1.807, 2.05) is 30.5 Å². The Bertz CT molecular complexity index is 998. The van der Waals surface area contributed by atoms with Gasteiger partial charge in [0.25, 0.3) is 0 Å². The molecule has 0 atom stereocenters. The minimum Gasteiger partial charge on any atom is -0.493 e. The average Bonchev–Trinajstić information content (AvgIpc) is 2.81. The standard InChI is InChI=1S/C24H38N6O3/c1-16(2)30-19-15-21(33-4)20(32-3)14-18(19)29-23(22(30)25)26-12-8-9-13-27-24(31)28-17-10-6-5-7-11-17/h14-17,25H,5-13H2,1-4H3,(H,26,29)(H2,27,28,31). The molecule has 9 nitrogen and oxygen atoms in total. The van der Waals surface area contributed by atoms with Gasteiger partial charge in [0.05, 0.1) is 25.3 Å². The van der Waals surface area contributed by atoms with Crippen LogP contribution in [0.5, 0.6) is 11.5 Å². The molecule has 182 valence electrons. The van der Waals surface area contributed by atoms with Crippen LogP contribution in [0, 0.1) is 5.41 Å². The number of unbranched alkanes of at least 4 members (excludes halogenated alkanes) is 1. The van der Waals surface area contributed by atoms with Gasteiger partial charge in [-0.2, -0.15) is 0 Å². The molecule has 2 amide bonds. The van der Waals surface area contributed by atoms with Crippen molar-refractivity contribution in [2.24, 2.45) is 0 Å². The summed E-state index contributed by atoms with van der Waals surface area (Å²) in [5, 5.41) is 18.0. The van der Waals surface area contributed by atoms with E-state index in [4.69, 9.17) is 14.9 Å². The number of carbonyl (C=O) groups excluding carboxylic acids is 1. The molecule has 1 heterocycles. The van der Waals surface area contributed by atoms with Gasteiger partial charge in [0.2, 0.25) is 0 Å². The van der Waals surface area contributed by atoms with Crippen molar-refractivity contribution in [1.82, 2.24) is 20.2 Å². The van der Waals surface area contributed by atoms with Crippen LogP contribution in [0.4, 0.5) is 10.6 Å². The average molecular weight is 459 g/mol. The van der Waals surface area contributed by atoms with Crippen LogP contribution in [-0.2, 0) is 0 Å². The molecular formula is C24H38N6O3. The molecule has 3 rings (SSSR count). The highest BCUT2D eigenvalue weighted by molar-refractivity contribution is 5.81. The van der Waals surface area contributed by atoms with Crippen LogP contribution in [0.15, 0.2) is 12.1 Å². The van der Waals surface area contributed by atoms with Crippen LogP contribution in [0.1, 0.15) is 64.8 Å². The number of carbonyl (C=O) groups is 1. The zero-order valence-corrected chi connectivity index (χ0v) is 20.3. The lowest BCUT2D eigenvalue weighted by Crippen LogP contribution is -2.43. The summed E-state index contributed by atoms with van der Waals surface area (Å²) in [5.74, 6) is 1.75. The Hall–Kier alpha value is -2.97. The lowest BCUT2D eigenvalue weighted by Gasteiger charge is -2.22. The highest BCUT2D eigenvalue weighted by Crippen LogP contribution is 2.32. The van der Waals surface area contributed by atoms with Gasteiger partial charge in [-0.3, -0.25) is 5.41 Å². The van der Waals surface area contributed by atoms with Gasteiger partial charge in [-0.1, -0.05) is 19.3 Å². The lowest BCUT2D eigenvalue weighted by atomic mass is 9.96. The molecule has 0 spiro atoms. The van der Waals surface area contributed by atoms with Crippen LogP contribution < -0.4 is 30.9 Å². The molecule has 4 N–H and O–H groups in total. The van der Waals surface area contributed by atoms with E-state index in [9.17, 15) is 4.79 Å². The number of rotatable bonds is 10. The number of amides is 2. The number of ether oxygens (including phenoxy) is 2. The van der Waals surface area contributed by atoms with Crippen molar-refractivity contribution >= 4 is 22.9 Å². The fraction of sp³-hybridized carbons (Fsp3) is 0.625. The highest BCUT2D eigenvalue weighted by Gasteiger charge is 2.16. The van der Waals surface area contributed by atoms with Crippen molar-refractivity contribution in [2.75, 3.05) is 32.6 Å². The Morgan fingerprint density at radius 3 is 2.45 bits per heavy atom. The van der Waals surface area contributed by atoms with Gasteiger partial charge in [-0.15, -0.1) is 0 Å². The molecule has 0 bridgehead atoms. The Morgan fingerprint density at radius 1 is 1.12 bits per heavy atom. The maximum atomic E-state index is 12.0. The van der Waals surface area contributed by atoms with Gasteiger partial charge in [0.15, 0.2) is 22.8 Å². The van der Waals surface area contributed by atoms with E-state index in [2.05, 4.69) is 20.9 Å². The molecule has 33 heavy (non-hydrogen) atoms. The molecule has 0 unspecified atom stereocenters. The van der Waals surface area contributed by atoms with E-state index < -0.39 is 0 Å². The predicted octanol–water partition coefficient (Wildman–Crippen LogP) is 3.94. The summed E-state index contributed by atoms with van der Waals surface area (Å²) in [6.45, 7) is 5.38. The Kier molecular flexibility index (Phi) is 8.79. The normalized spacial score (nSPS) is 14.3. The first-order valence-corrected chi connectivity index (χ1v) is 12.0. The number of benzene rings is 1. The third-order valence-corrected chi connectivity index (χ3v) is 6.08. The molecule has 1 fully saturated rings. The van der Waals surface area contributed by atoms with Gasteiger partial charge in [0.1, 0.15) is 0 Å². The van der Waals surface area contributed by atoms with Crippen molar-refractivity contribution in [3.8, 4) is 11.5 Å². The molecule has 2 aromatic rings. The quantitative estimate of drug-likeness (QED) is 0.403. The zero-order valence-electron chi connectivity index (χ0n) is 20.3. The van der Waals surface area contributed by atoms with Crippen LogP contribution in [0.2, 0.25) is 0 Å². The highest BCUT2D eigenvalue weighted by atomic mass is 16.5. The second kappa shape index (κ2) is 11.8. The molecule has 0 aliphatic heterocycles. The van der Waals surface area contributed by atoms with Crippen LogP contribution in [0.25, 0.3) is 11.0 Å². The van der Waals surface area contributed by atoms with E-state index in [0.717, 1.165) is 36.7 Å². The molecule has 1 aliphatic rings. The fourth-order valence-electron chi connectivity index (χ4n) is 4.35. The number of methoxy groups -OCH3 is 2. The van der Waals surface area contributed by atoms with Gasteiger partial charge in [0, 0.05) is 37.3 Å². The van der Waals surface area contributed by atoms with E-state index >= 15 is 0 Å². The summed E-state index contributed by atoms with van der Waals surface area (Å²) in [5.41, 5.74) is 1.89. The first kappa shape index (κ1) is 24.7. The van der Waals surface area contributed by atoms with Gasteiger partial charge in [-0.05, 0) is 39.5 Å². The van der Waals surface area contributed by atoms with Crippen molar-refractivity contribution < 1.29 is 14.3 Å². The van der Waals surface area contributed by atoms with E-state index in [1.54, 1.807) is 14.2 Å². The predicted molar refractivity (Wildman–Crippen MR) is 130 cm³/mol. The maximum Gasteiger partial charge on any atom is 0.315 e.